The van der Waals surface area contributed by atoms with Gasteiger partial charge in [0.25, 0.3) is 0 Å². The molecule has 14 heavy (non-hydrogen) atoms. The Labute approximate surface area is 86.9 Å². The van der Waals surface area contributed by atoms with Crippen LogP contribution in [0.3, 0.4) is 0 Å². The molecule has 3 unspecified atom stereocenters. The SMILES string of the molecule is CCCC(CC)NC(C)C(C)C(=O)O. The zero-order valence-electron chi connectivity index (χ0n) is 9.71. The summed E-state index contributed by atoms with van der Waals surface area (Å²) in [6.45, 7) is 7.97. The highest BCUT2D eigenvalue weighted by atomic mass is 16.4. The van der Waals surface area contributed by atoms with Gasteiger partial charge in [-0.1, -0.05) is 27.2 Å². The summed E-state index contributed by atoms with van der Waals surface area (Å²) in [5.74, 6) is -1.04. The summed E-state index contributed by atoms with van der Waals surface area (Å²) >= 11 is 0. The van der Waals surface area contributed by atoms with Crippen LogP contribution >= 0.6 is 0 Å². The van der Waals surface area contributed by atoms with Crippen molar-refractivity contribution < 1.29 is 9.90 Å². The second-order valence-electron chi connectivity index (χ2n) is 3.98. The molecular weight excluding hydrogens is 178 g/mol. The molecule has 0 radical (unpaired) electrons. The van der Waals surface area contributed by atoms with E-state index in [-0.39, 0.29) is 12.0 Å². The van der Waals surface area contributed by atoms with Crippen LogP contribution in [-0.2, 0) is 4.79 Å². The van der Waals surface area contributed by atoms with Crippen LogP contribution in [0.25, 0.3) is 0 Å². The Kier molecular flexibility index (Phi) is 6.54. The monoisotopic (exact) mass is 201 g/mol. The minimum atomic E-state index is -0.726. The fourth-order valence-corrected chi connectivity index (χ4v) is 1.48. The van der Waals surface area contributed by atoms with E-state index in [9.17, 15) is 4.79 Å². The average Bonchev–Trinajstić information content (AvgIpc) is 2.15. The van der Waals surface area contributed by atoms with Crippen molar-refractivity contribution in [2.24, 2.45) is 5.92 Å². The highest BCUT2D eigenvalue weighted by Gasteiger charge is 2.20. The van der Waals surface area contributed by atoms with E-state index in [0.717, 1.165) is 19.3 Å². The van der Waals surface area contributed by atoms with Crippen molar-refractivity contribution in [1.82, 2.24) is 5.32 Å². The zero-order valence-corrected chi connectivity index (χ0v) is 9.71. The summed E-state index contributed by atoms with van der Waals surface area (Å²) in [6.07, 6.45) is 3.32. The fourth-order valence-electron chi connectivity index (χ4n) is 1.48. The van der Waals surface area contributed by atoms with Crippen LogP contribution in [0.5, 0.6) is 0 Å². The molecule has 0 heterocycles. The van der Waals surface area contributed by atoms with Gasteiger partial charge in [0.05, 0.1) is 5.92 Å². The van der Waals surface area contributed by atoms with Crippen molar-refractivity contribution in [2.45, 2.75) is 59.0 Å². The lowest BCUT2D eigenvalue weighted by Crippen LogP contribution is -2.42. The molecule has 0 aromatic rings. The molecule has 3 atom stereocenters. The lowest BCUT2D eigenvalue weighted by molar-refractivity contribution is -0.142. The fraction of sp³-hybridized carbons (Fsp3) is 0.909. The van der Waals surface area contributed by atoms with Crippen molar-refractivity contribution >= 4 is 5.97 Å². The molecule has 0 aromatic heterocycles. The van der Waals surface area contributed by atoms with Crippen LogP contribution in [0.15, 0.2) is 0 Å². The molecule has 0 aliphatic heterocycles. The van der Waals surface area contributed by atoms with E-state index in [4.69, 9.17) is 5.11 Å². The van der Waals surface area contributed by atoms with Crippen molar-refractivity contribution in [3.8, 4) is 0 Å². The van der Waals surface area contributed by atoms with Gasteiger partial charge in [0.15, 0.2) is 0 Å². The summed E-state index contributed by atoms with van der Waals surface area (Å²) in [5.41, 5.74) is 0. The number of carboxylic acid groups (broad SMARTS) is 1. The number of aliphatic carboxylic acids is 1. The first kappa shape index (κ1) is 13.4. The Morgan fingerprint density at radius 3 is 2.29 bits per heavy atom. The molecule has 2 N–H and O–H groups in total. The highest BCUT2D eigenvalue weighted by molar-refractivity contribution is 5.70. The van der Waals surface area contributed by atoms with E-state index in [0.29, 0.717) is 6.04 Å². The Morgan fingerprint density at radius 1 is 1.36 bits per heavy atom. The third-order valence-corrected chi connectivity index (χ3v) is 2.77. The Morgan fingerprint density at radius 2 is 1.93 bits per heavy atom. The first-order valence-electron chi connectivity index (χ1n) is 5.51. The van der Waals surface area contributed by atoms with Crippen LogP contribution in [-0.4, -0.2) is 23.2 Å². The smallest absolute Gasteiger partial charge is 0.307 e. The Hall–Kier alpha value is -0.570. The number of rotatable bonds is 7. The van der Waals surface area contributed by atoms with Gasteiger partial charge in [0, 0.05) is 12.1 Å². The lowest BCUT2D eigenvalue weighted by atomic mass is 10.0. The second kappa shape index (κ2) is 6.82. The van der Waals surface area contributed by atoms with Gasteiger partial charge in [-0.15, -0.1) is 0 Å². The van der Waals surface area contributed by atoms with Crippen LogP contribution < -0.4 is 5.32 Å². The van der Waals surface area contributed by atoms with Crippen LogP contribution in [0.2, 0.25) is 0 Å². The molecule has 0 aliphatic carbocycles. The maximum absolute atomic E-state index is 10.7. The first-order valence-corrected chi connectivity index (χ1v) is 5.51. The minimum absolute atomic E-state index is 0.0454. The van der Waals surface area contributed by atoms with Crippen molar-refractivity contribution in [1.29, 1.82) is 0 Å². The molecule has 0 spiro atoms. The van der Waals surface area contributed by atoms with E-state index in [1.807, 2.05) is 6.92 Å². The summed E-state index contributed by atoms with van der Waals surface area (Å²) < 4.78 is 0. The third kappa shape index (κ3) is 4.61. The molecule has 0 bridgehead atoms. The summed E-state index contributed by atoms with van der Waals surface area (Å²) in [4.78, 5) is 10.7. The van der Waals surface area contributed by atoms with Crippen LogP contribution in [0, 0.1) is 5.92 Å². The van der Waals surface area contributed by atoms with Gasteiger partial charge in [0.1, 0.15) is 0 Å². The molecule has 0 fully saturated rings. The highest BCUT2D eigenvalue weighted by Crippen LogP contribution is 2.08. The van der Waals surface area contributed by atoms with Gasteiger partial charge in [-0.25, -0.2) is 0 Å². The van der Waals surface area contributed by atoms with Gasteiger partial charge in [0.2, 0.25) is 0 Å². The van der Waals surface area contributed by atoms with E-state index >= 15 is 0 Å². The molecule has 0 saturated carbocycles. The van der Waals surface area contributed by atoms with Crippen molar-refractivity contribution in [2.75, 3.05) is 0 Å². The molecule has 3 heteroatoms. The summed E-state index contributed by atoms with van der Waals surface area (Å²) in [6, 6.07) is 0.501. The molecule has 0 amide bonds. The topological polar surface area (TPSA) is 49.3 Å². The van der Waals surface area contributed by atoms with Crippen LogP contribution in [0.1, 0.15) is 47.0 Å². The maximum atomic E-state index is 10.7. The molecule has 0 aliphatic rings. The van der Waals surface area contributed by atoms with E-state index < -0.39 is 5.97 Å². The number of nitrogens with one attached hydrogen (secondary N) is 1. The molecule has 0 rings (SSSR count). The predicted octanol–water partition coefficient (Wildman–Crippen LogP) is 2.26. The summed E-state index contributed by atoms with van der Waals surface area (Å²) in [7, 11) is 0. The predicted molar refractivity (Wildman–Crippen MR) is 58.4 cm³/mol. The van der Waals surface area contributed by atoms with E-state index in [2.05, 4.69) is 19.2 Å². The van der Waals surface area contributed by atoms with Crippen LogP contribution in [0.4, 0.5) is 0 Å². The van der Waals surface area contributed by atoms with Gasteiger partial charge in [-0.2, -0.15) is 0 Å². The molecule has 0 aromatic carbocycles. The molecule has 84 valence electrons. The number of hydrogen-bond donors (Lipinski definition) is 2. The number of carbonyl (C=O) groups is 1. The van der Waals surface area contributed by atoms with Gasteiger partial charge < -0.3 is 10.4 Å². The van der Waals surface area contributed by atoms with E-state index in [1.54, 1.807) is 6.92 Å². The standard InChI is InChI=1S/C11H23NO2/c1-5-7-10(6-2)12-9(4)8(3)11(13)14/h8-10,12H,5-7H2,1-4H3,(H,13,14). The molecule has 0 saturated heterocycles. The molecular formula is C11H23NO2. The number of hydrogen-bond acceptors (Lipinski definition) is 2. The van der Waals surface area contributed by atoms with E-state index in [1.165, 1.54) is 0 Å². The van der Waals surface area contributed by atoms with Crippen molar-refractivity contribution in [3.63, 3.8) is 0 Å². The minimum Gasteiger partial charge on any atom is -0.481 e. The lowest BCUT2D eigenvalue weighted by Gasteiger charge is -2.24. The van der Waals surface area contributed by atoms with Gasteiger partial charge in [-0.05, 0) is 19.8 Å². The number of carboxylic acids is 1. The molecule has 3 nitrogen and oxygen atoms in total. The third-order valence-electron chi connectivity index (χ3n) is 2.77. The second-order valence-corrected chi connectivity index (χ2v) is 3.98. The summed E-state index contributed by atoms with van der Waals surface area (Å²) in [5, 5.41) is 12.2. The largest absolute Gasteiger partial charge is 0.481 e. The Bertz CT molecular complexity index is 171. The maximum Gasteiger partial charge on any atom is 0.307 e. The zero-order chi connectivity index (χ0) is 11.1. The quantitative estimate of drug-likeness (QED) is 0.664. The average molecular weight is 201 g/mol. The van der Waals surface area contributed by atoms with Gasteiger partial charge >= 0.3 is 5.97 Å². The van der Waals surface area contributed by atoms with Crippen molar-refractivity contribution in [3.05, 3.63) is 0 Å². The first-order chi connectivity index (χ1) is 6.52. The Balaban J connectivity index is 4.00. The normalized spacial score (nSPS) is 17.4. The van der Waals surface area contributed by atoms with Gasteiger partial charge in [-0.3, -0.25) is 4.79 Å².